The maximum absolute atomic E-state index is 12.9. The van der Waals surface area contributed by atoms with Gasteiger partial charge in [-0.15, -0.1) is 0 Å². The molecule has 0 aromatic carbocycles. The van der Waals surface area contributed by atoms with Crippen molar-refractivity contribution in [2.75, 3.05) is 6.54 Å². The molecule has 3 amide bonds. The van der Waals surface area contributed by atoms with Crippen molar-refractivity contribution in [2.24, 2.45) is 34.0 Å². The average molecular weight is 458 g/mol. The Bertz CT molecular complexity index is 677. The van der Waals surface area contributed by atoms with Crippen LogP contribution in [0.1, 0.15) is 53.9 Å². The summed E-state index contributed by atoms with van der Waals surface area (Å²) in [6.07, 6.45) is 1.11. The standard InChI is InChI=1S/C20H39N7O5/c1-10(2)9-14(17(29)25-12(5)19(31)32)26-18(30)15(11(3)4)27-16(28)13(21)7-6-8-24-20(22)23/h10-15H,6-9,21H2,1-5H3,(H,25,29)(H,26,30)(H,27,28)(H,31,32)(H4,22,23,24). The maximum Gasteiger partial charge on any atom is 0.325 e. The normalized spacial score (nSPS) is 14.8. The van der Waals surface area contributed by atoms with Crippen LogP contribution in [0.2, 0.25) is 0 Å². The van der Waals surface area contributed by atoms with Crippen LogP contribution in [0.15, 0.2) is 4.99 Å². The second-order valence-electron chi connectivity index (χ2n) is 8.54. The number of amides is 3. The van der Waals surface area contributed by atoms with Crippen molar-refractivity contribution in [2.45, 2.75) is 78.0 Å². The summed E-state index contributed by atoms with van der Waals surface area (Å²) < 4.78 is 0. The van der Waals surface area contributed by atoms with E-state index < -0.39 is 47.9 Å². The molecule has 12 nitrogen and oxygen atoms in total. The fourth-order valence-corrected chi connectivity index (χ4v) is 2.79. The van der Waals surface area contributed by atoms with Gasteiger partial charge in [-0.2, -0.15) is 0 Å². The number of hydrogen-bond acceptors (Lipinski definition) is 6. The number of carbonyl (C=O) groups excluding carboxylic acids is 3. The second kappa shape index (κ2) is 14.2. The van der Waals surface area contributed by atoms with E-state index in [2.05, 4.69) is 20.9 Å². The Kier molecular flexibility index (Phi) is 12.9. The Labute approximate surface area is 189 Å². The van der Waals surface area contributed by atoms with E-state index in [1.54, 1.807) is 13.8 Å². The fourth-order valence-electron chi connectivity index (χ4n) is 2.79. The molecule has 0 radical (unpaired) electrons. The largest absolute Gasteiger partial charge is 0.480 e. The molecule has 12 heteroatoms. The van der Waals surface area contributed by atoms with Gasteiger partial charge in [0.1, 0.15) is 18.1 Å². The first-order chi connectivity index (χ1) is 14.8. The number of carbonyl (C=O) groups is 4. The predicted octanol–water partition coefficient (Wildman–Crippen LogP) is -1.37. The number of guanidine groups is 1. The Balaban J connectivity index is 5.15. The highest BCUT2D eigenvalue weighted by molar-refractivity contribution is 5.94. The number of hydrogen-bond donors (Lipinski definition) is 7. The number of carboxylic acids is 1. The van der Waals surface area contributed by atoms with E-state index >= 15 is 0 Å². The highest BCUT2D eigenvalue weighted by Crippen LogP contribution is 2.09. The number of nitrogens with one attached hydrogen (secondary N) is 3. The molecule has 0 spiro atoms. The minimum Gasteiger partial charge on any atom is -0.480 e. The van der Waals surface area contributed by atoms with E-state index in [1.165, 1.54) is 6.92 Å². The molecule has 0 rings (SSSR count). The fraction of sp³-hybridized carbons (Fsp3) is 0.750. The average Bonchev–Trinajstić information content (AvgIpc) is 2.67. The monoisotopic (exact) mass is 457 g/mol. The summed E-state index contributed by atoms with van der Waals surface area (Å²) in [5.74, 6) is -3.12. The van der Waals surface area contributed by atoms with Gasteiger partial charge < -0.3 is 38.3 Å². The summed E-state index contributed by atoms with van der Waals surface area (Å²) in [6, 6.07) is -3.84. The van der Waals surface area contributed by atoms with E-state index in [1.807, 2.05) is 13.8 Å². The number of nitrogens with zero attached hydrogens (tertiary/aromatic N) is 1. The molecule has 0 bridgehead atoms. The van der Waals surface area contributed by atoms with Crippen molar-refractivity contribution in [3.8, 4) is 0 Å². The molecule has 0 aromatic rings. The molecule has 10 N–H and O–H groups in total. The van der Waals surface area contributed by atoms with Crippen LogP contribution in [0.4, 0.5) is 0 Å². The molecule has 4 unspecified atom stereocenters. The van der Waals surface area contributed by atoms with Gasteiger partial charge in [-0.25, -0.2) is 0 Å². The predicted molar refractivity (Wildman–Crippen MR) is 121 cm³/mol. The molecular weight excluding hydrogens is 418 g/mol. The first-order valence-electron chi connectivity index (χ1n) is 10.7. The lowest BCUT2D eigenvalue weighted by Crippen LogP contribution is -2.58. The van der Waals surface area contributed by atoms with Gasteiger partial charge in [0.05, 0.1) is 6.04 Å². The smallest absolute Gasteiger partial charge is 0.325 e. The van der Waals surface area contributed by atoms with Gasteiger partial charge in [-0.1, -0.05) is 27.7 Å². The lowest BCUT2D eigenvalue weighted by molar-refractivity contribution is -0.142. The summed E-state index contributed by atoms with van der Waals surface area (Å²) in [4.78, 5) is 52.7. The summed E-state index contributed by atoms with van der Waals surface area (Å²) in [7, 11) is 0. The van der Waals surface area contributed by atoms with Gasteiger partial charge in [0.2, 0.25) is 17.7 Å². The SMILES string of the molecule is CC(C)CC(NC(=O)C(NC(=O)C(N)CCCN=C(N)N)C(C)C)C(=O)NC(C)C(=O)O. The zero-order valence-electron chi connectivity index (χ0n) is 19.6. The molecule has 0 aliphatic heterocycles. The molecule has 0 saturated carbocycles. The second-order valence-corrected chi connectivity index (χ2v) is 8.54. The van der Waals surface area contributed by atoms with Gasteiger partial charge >= 0.3 is 5.97 Å². The van der Waals surface area contributed by atoms with Gasteiger partial charge in [-0.05, 0) is 38.0 Å². The molecule has 0 aliphatic rings. The number of rotatable bonds is 14. The van der Waals surface area contributed by atoms with Gasteiger partial charge in [-0.3, -0.25) is 24.2 Å². The van der Waals surface area contributed by atoms with Crippen LogP contribution in [0.3, 0.4) is 0 Å². The first kappa shape index (κ1) is 29.1. The Morgan fingerprint density at radius 1 is 0.906 bits per heavy atom. The van der Waals surface area contributed by atoms with E-state index in [9.17, 15) is 19.2 Å². The van der Waals surface area contributed by atoms with Crippen LogP contribution >= 0.6 is 0 Å². The summed E-state index contributed by atoms with van der Waals surface area (Å²) in [5, 5.41) is 16.7. The molecule has 0 fully saturated rings. The minimum atomic E-state index is -1.19. The zero-order valence-corrected chi connectivity index (χ0v) is 19.6. The van der Waals surface area contributed by atoms with E-state index in [0.29, 0.717) is 25.8 Å². The quantitative estimate of drug-likeness (QED) is 0.0935. The third-order valence-electron chi connectivity index (χ3n) is 4.62. The number of aliphatic imine (C=N–C) groups is 1. The Hall–Kier alpha value is -2.89. The van der Waals surface area contributed by atoms with Crippen LogP contribution in [-0.4, -0.2) is 65.5 Å². The van der Waals surface area contributed by atoms with Crippen molar-refractivity contribution in [1.82, 2.24) is 16.0 Å². The molecule has 0 saturated heterocycles. The lowest BCUT2D eigenvalue weighted by atomic mass is 9.99. The number of nitrogens with two attached hydrogens (primary N) is 3. The Morgan fingerprint density at radius 2 is 1.50 bits per heavy atom. The molecule has 32 heavy (non-hydrogen) atoms. The summed E-state index contributed by atoms with van der Waals surface area (Å²) in [6.45, 7) is 8.90. The molecule has 0 heterocycles. The van der Waals surface area contributed by atoms with Gasteiger partial charge in [0.15, 0.2) is 5.96 Å². The summed E-state index contributed by atoms with van der Waals surface area (Å²) >= 11 is 0. The molecule has 0 aliphatic carbocycles. The molecule has 0 aromatic heterocycles. The van der Waals surface area contributed by atoms with E-state index in [-0.39, 0.29) is 17.8 Å². The van der Waals surface area contributed by atoms with Crippen LogP contribution in [-0.2, 0) is 19.2 Å². The van der Waals surface area contributed by atoms with Gasteiger partial charge in [0, 0.05) is 6.54 Å². The highest BCUT2D eigenvalue weighted by Gasteiger charge is 2.31. The van der Waals surface area contributed by atoms with Gasteiger partial charge in [0.25, 0.3) is 0 Å². The van der Waals surface area contributed by atoms with Crippen LogP contribution < -0.4 is 33.2 Å². The van der Waals surface area contributed by atoms with E-state index in [0.717, 1.165) is 0 Å². The van der Waals surface area contributed by atoms with Crippen molar-refractivity contribution in [3.63, 3.8) is 0 Å². The third-order valence-corrected chi connectivity index (χ3v) is 4.62. The molecule has 4 atom stereocenters. The summed E-state index contributed by atoms with van der Waals surface area (Å²) in [5.41, 5.74) is 16.4. The molecular formula is C20H39N7O5. The molecule has 184 valence electrons. The number of aliphatic carboxylic acids is 1. The lowest BCUT2D eigenvalue weighted by Gasteiger charge is -2.27. The highest BCUT2D eigenvalue weighted by atomic mass is 16.4. The van der Waals surface area contributed by atoms with Crippen LogP contribution in [0.5, 0.6) is 0 Å². The van der Waals surface area contributed by atoms with Crippen molar-refractivity contribution in [3.05, 3.63) is 0 Å². The van der Waals surface area contributed by atoms with E-state index in [4.69, 9.17) is 22.3 Å². The van der Waals surface area contributed by atoms with Crippen molar-refractivity contribution < 1.29 is 24.3 Å². The maximum atomic E-state index is 12.9. The third kappa shape index (κ3) is 11.5. The topological polar surface area (TPSA) is 215 Å². The minimum absolute atomic E-state index is 0.0442. The first-order valence-corrected chi connectivity index (χ1v) is 10.7. The zero-order chi connectivity index (χ0) is 25.0. The van der Waals surface area contributed by atoms with Crippen molar-refractivity contribution in [1.29, 1.82) is 0 Å². The Morgan fingerprint density at radius 3 is 1.97 bits per heavy atom. The van der Waals surface area contributed by atoms with Crippen LogP contribution in [0.25, 0.3) is 0 Å². The number of carboxylic acid groups (broad SMARTS) is 1. The van der Waals surface area contributed by atoms with Crippen molar-refractivity contribution >= 4 is 29.7 Å². The van der Waals surface area contributed by atoms with Crippen LogP contribution in [0, 0.1) is 11.8 Å².